The van der Waals surface area contributed by atoms with E-state index >= 15 is 0 Å². The van der Waals surface area contributed by atoms with E-state index in [1.54, 1.807) is 18.5 Å². The lowest BCUT2D eigenvalue weighted by molar-refractivity contribution is 0.102. The average molecular weight is 352 g/mol. The zero-order chi connectivity index (χ0) is 17.8. The molecule has 0 radical (unpaired) electrons. The van der Waals surface area contributed by atoms with E-state index in [1.807, 2.05) is 56.3 Å². The summed E-state index contributed by atoms with van der Waals surface area (Å²) in [6, 6.07) is 15.1. The van der Waals surface area contributed by atoms with Crippen LogP contribution in [-0.2, 0) is 0 Å². The molecule has 3 rings (SSSR count). The van der Waals surface area contributed by atoms with Crippen molar-refractivity contribution in [1.29, 1.82) is 0 Å². The smallest absolute Gasteiger partial charge is 0.257 e. The van der Waals surface area contributed by atoms with Crippen LogP contribution in [0, 0.1) is 13.8 Å². The van der Waals surface area contributed by atoms with Crippen LogP contribution in [-0.4, -0.2) is 10.9 Å². The number of halogens is 1. The first kappa shape index (κ1) is 17.0. The van der Waals surface area contributed by atoms with E-state index in [0.29, 0.717) is 10.6 Å². The van der Waals surface area contributed by atoms with Crippen molar-refractivity contribution in [3.8, 4) is 0 Å². The number of nitrogens with zero attached hydrogens (tertiary/aromatic N) is 1. The van der Waals surface area contributed by atoms with Crippen molar-refractivity contribution in [2.45, 2.75) is 13.8 Å². The first-order chi connectivity index (χ1) is 12.0. The van der Waals surface area contributed by atoms with E-state index < -0.39 is 0 Å². The summed E-state index contributed by atoms with van der Waals surface area (Å²) < 4.78 is 0. The highest BCUT2D eigenvalue weighted by Crippen LogP contribution is 2.26. The molecule has 2 aromatic carbocycles. The van der Waals surface area contributed by atoms with Gasteiger partial charge in [0.1, 0.15) is 0 Å². The second-order valence-electron chi connectivity index (χ2n) is 5.82. The molecule has 1 heterocycles. The standard InChI is InChI=1S/C20H18ClN3O/c1-13-6-8-16(9-7-13)24-20(25)15-10-17(12-22-11-15)23-19-5-3-4-18(21)14(19)2/h3-12,23H,1-2H3,(H,24,25). The summed E-state index contributed by atoms with van der Waals surface area (Å²) in [4.78, 5) is 16.6. The van der Waals surface area contributed by atoms with Crippen LogP contribution in [0.25, 0.3) is 0 Å². The summed E-state index contributed by atoms with van der Waals surface area (Å²) >= 11 is 6.14. The van der Waals surface area contributed by atoms with Crippen molar-refractivity contribution >= 4 is 34.6 Å². The monoisotopic (exact) mass is 351 g/mol. The van der Waals surface area contributed by atoms with Gasteiger partial charge < -0.3 is 10.6 Å². The molecule has 1 aromatic heterocycles. The molecule has 0 atom stereocenters. The highest BCUT2D eigenvalue weighted by molar-refractivity contribution is 6.31. The van der Waals surface area contributed by atoms with Crippen molar-refractivity contribution in [3.63, 3.8) is 0 Å². The molecule has 126 valence electrons. The summed E-state index contributed by atoms with van der Waals surface area (Å²) in [5, 5.41) is 6.81. The Labute approximate surface area is 151 Å². The van der Waals surface area contributed by atoms with Crippen molar-refractivity contribution in [3.05, 3.63) is 82.6 Å². The minimum absolute atomic E-state index is 0.206. The molecular weight excluding hydrogens is 334 g/mol. The number of rotatable bonds is 4. The van der Waals surface area contributed by atoms with Crippen LogP contribution in [0.3, 0.4) is 0 Å². The van der Waals surface area contributed by atoms with E-state index in [0.717, 1.165) is 28.2 Å². The number of carbonyl (C=O) groups excluding carboxylic acids is 1. The number of aryl methyl sites for hydroxylation is 1. The van der Waals surface area contributed by atoms with Crippen LogP contribution in [0.2, 0.25) is 5.02 Å². The number of hydrogen-bond acceptors (Lipinski definition) is 3. The summed E-state index contributed by atoms with van der Waals surface area (Å²) in [5.41, 5.74) is 4.92. The van der Waals surface area contributed by atoms with Gasteiger partial charge in [0, 0.05) is 22.6 Å². The Morgan fingerprint density at radius 1 is 1.00 bits per heavy atom. The molecule has 0 aliphatic rings. The number of pyridine rings is 1. The number of hydrogen-bond donors (Lipinski definition) is 2. The number of nitrogens with one attached hydrogen (secondary N) is 2. The van der Waals surface area contributed by atoms with Gasteiger partial charge in [0.05, 0.1) is 17.4 Å². The maximum atomic E-state index is 12.4. The van der Waals surface area contributed by atoms with E-state index in [2.05, 4.69) is 15.6 Å². The minimum atomic E-state index is -0.206. The van der Waals surface area contributed by atoms with Crippen LogP contribution in [0.5, 0.6) is 0 Å². The lowest BCUT2D eigenvalue weighted by atomic mass is 10.2. The molecule has 5 heteroatoms. The highest BCUT2D eigenvalue weighted by atomic mass is 35.5. The second-order valence-corrected chi connectivity index (χ2v) is 6.23. The number of benzene rings is 2. The number of amides is 1. The highest BCUT2D eigenvalue weighted by Gasteiger charge is 2.09. The van der Waals surface area contributed by atoms with Crippen LogP contribution in [0.4, 0.5) is 17.1 Å². The topological polar surface area (TPSA) is 54.0 Å². The van der Waals surface area contributed by atoms with Gasteiger partial charge in [-0.1, -0.05) is 35.4 Å². The van der Waals surface area contributed by atoms with Crippen LogP contribution in [0.1, 0.15) is 21.5 Å². The molecule has 0 unspecified atom stereocenters. The van der Waals surface area contributed by atoms with Crippen LogP contribution in [0.15, 0.2) is 60.9 Å². The number of aromatic nitrogens is 1. The zero-order valence-corrected chi connectivity index (χ0v) is 14.8. The van der Waals surface area contributed by atoms with E-state index in [-0.39, 0.29) is 5.91 Å². The van der Waals surface area contributed by atoms with Crippen LogP contribution >= 0.6 is 11.6 Å². The second kappa shape index (κ2) is 7.36. The van der Waals surface area contributed by atoms with Crippen molar-refractivity contribution in [2.75, 3.05) is 10.6 Å². The third-order valence-electron chi connectivity index (χ3n) is 3.86. The fourth-order valence-corrected chi connectivity index (χ4v) is 2.55. The van der Waals surface area contributed by atoms with Gasteiger partial charge in [0.2, 0.25) is 0 Å². The fraction of sp³-hybridized carbons (Fsp3) is 0.100. The molecule has 0 saturated heterocycles. The summed E-state index contributed by atoms with van der Waals surface area (Å²) in [6.45, 7) is 3.94. The Kier molecular flexibility index (Phi) is 5.00. The SMILES string of the molecule is Cc1ccc(NC(=O)c2cncc(Nc3cccc(Cl)c3C)c2)cc1. The van der Waals surface area contributed by atoms with Crippen molar-refractivity contribution in [2.24, 2.45) is 0 Å². The summed E-state index contributed by atoms with van der Waals surface area (Å²) in [5.74, 6) is -0.206. The average Bonchev–Trinajstić information content (AvgIpc) is 2.61. The molecule has 3 aromatic rings. The third kappa shape index (κ3) is 4.17. The van der Waals surface area contributed by atoms with E-state index in [9.17, 15) is 4.79 Å². The molecule has 0 aliphatic carbocycles. The summed E-state index contributed by atoms with van der Waals surface area (Å²) in [6.07, 6.45) is 3.21. The van der Waals surface area contributed by atoms with Crippen LogP contribution < -0.4 is 10.6 Å². The third-order valence-corrected chi connectivity index (χ3v) is 4.27. The predicted molar refractivity (Wildman–Crippen MR) is 103 cm³/mol. The van der Waals surface area contributed by atoms with Crippen molar-refractivity contribution in [1.82, 2.24) is 4.98 Å². The molecule has 2 N–H and O–H groups in total. The van der Waals surface area contributed by atoms with Gasteiger partial charge in [0.25, 0.3) is 5.91 Å². The quantitative estimate of drug-likeness (QED) is 0.666. The van der Waals surface area contributed by atoms with Gasteiger partial charge in [-0.25, -0.2) is 0 Å². The molecule has 0 spiro atoms. The van der Waals surface area contributed by atoms with E-state index in [1.165, 1.54) is 0 Å². The number of carbonyl (C=O) groups is 1. The van der Waals surface area contributed by atoms with Gasteiger partial charge in [-0.2, -0.15) is 0 Å². The van der Waals surface area contributed by atoms with E-state index in [4.69, 9.17) is 11.6 Å². The van der Waals surface area contributed by atoms with Gasteiger partial charge in [-0.3, -0.25) is 9.78 Å². The first-order valence-corrected chi connectivity index (χ1v) is 8.26. The first-order valence-electron chi connectivity index (χ1n) is 7.88. The molecular formula is C20H18ClN3O. The lowest BCUT2D eigenvalue weighted by Gasteiger charge is -2.11. The van der Waals surface area contributed by atoms with Gasteiger partial charge in [-0.15, -0.1) is 0 Å². The largest absolute Gasteiger partial charge is 0.354 e. The Bertz CT molecular complexity index is 907. The number of anilines is 3. The Hall–Kier alpha value is -2.85. The molecule has 25 heavy (non-hydrogen) atoms. The molecule has 1 amide bonds. The predicted octanol–water partition coefficient (Wildman–Crippen LogP) is 5.35. The molecule has 0 fully saturated rings. The molecule has 0 aliphatic heterocycles. The Morgan fingerprint density at radius 3 is 2.52 bits per heavy atom. The lowest BCUT2D eigenvalue weighted by Crippen LogP contribution is -2.12. The fourth-order valence-electron chi connectivity index (χ4n) is 2.37. The Balaban J connectivity index is 1.77. The maximum Gasteiger partial charge on any atom is 0.257 e. The zero-order valence-electron chi connectivity index (χ0n) is 14.0. The van der Waals surface area contributed by atoms with Gasteiger partial charge in [-0.05, 0) is 49.7 Å². The Morgan fingerprint density at radius 2 is 1.76 bits per heavy atom. The molecule has 4 nitrogen and oxygen atoms in total. The van der Waals surface area contributed by atoms with Gasteiger partial charge >= 0.3 is 0 Å². The maximum absolute atomic E-state index is 12.4. The molecule has 0 saturated carbocycles. The summed E-state index contributed by atoms with van der Waals surface area (Å²) in [7, 11) is 0. The molecule has 0 bridgehead atoms. The van der Waals surface area contributed by atoms with Gasteiger partial charge in [0.15, 0.2) is 0 Å². The van der Waals surface area contributed by atoms with Crippen molar-refractivity contribution < 1.29 is 4.79 Å². The minimum Gasteiger partial charge on any atom is -0.354 e. The normalized spacial score (nSPS) is 10.4.